The molecule has 2 aromatic heterocycles. The minimum absolute atomic E-state index is 0.0922. The van der Waals surface area contributed by atoms with Crippen LogP contribution in [0.1, 0.15) is 11.3 Å². The third-order valence-corrected chi connectivity index (χ3v) is 5.40. The molecule has 10 heteroatoms. The Labute approximate surface area is 183 Å². The summed E-state index contributed by atoms with van der Waals surface area (Å²) in [5.74, 6) is -0.499. The van der Waals surface area contributed by atoms with Gasteiger partial charge in [0.2, 0.25) is 5.95 Å². The molecule has 0 aliphatic carbocycles. The van der Waals surface area contributed by atoms with Crippen molar-refractivity contribution in [1.29, 1.82) is 0 Å². The molecule has 4 rings (SSSR count). The standard InChI is InChI=1S/C21H22ClF2N7/c1-14-15(13-26-31(14)20-12-19(22)27-21(25)28-20)3-2-4-29-5-7-30(8-6-29)18-10-16(23)9-17(24)11-18/h2-3,9-13H,4-8H2,1H3,(H2,25,27,28)/b3-2+. The number of rotatable bonds is 5. The van der Waals surface area contributed by atoms with Crippen LogP contribution in [-0.2, 0) is 0 Å². The van der Waals surface area contributed by atoms with Gasteiger partial charge in [-0.05, 0) is 19.1 Å². The molecule has 3 heterocycles. The fraction of sp³-hybridized carbons (Fsp3) is 0.286. The van der Waals surface area contributed by atoms with Crippen molar-refractivity contribution in [2.75, 3.05) is 43.4 Å². The molecule has 0 amide bonds. The lowest BCUT2D eigenvalue weighted by Gasteiger charge is -2.35. The molecular formula is C21H22ClF2N7. The summed E-state index contributed by atoms with van der Waals surface area (Å²) in [6, 6.07) is 5.24. The summed E-state index contributed by atoms with van der Waals surface area (Å²) in [6.45, 7) is 5.74. The predicted octanol–water partition coefficient (Wildman–Crippen LogP) is 3.32. The first-order valence-electron chi connectivity index (χ1n) is 9.84. The highest BCUT2D eigenvalue weighted by atomic mass is 35.5. The number of aromatic nitrogens is 4. The third kappa shape index (κ3) is 5.00. The van der Waals surface area contributed by atoms with E-state index in [1.54, 1.807) is 16.9 Å². The van der Waals surface area contributed by atoms with Crippen LogP contribution >= 0.6 is 11.6 Å². The molecule has 162 valence electrons. The summed E-state index contributed by atoms with van der Waals surface area (Å²) >= 11 is 5.96. The monoisotopic (exact) mass is 445 g/mol. The first kappa shape index (κ1) is 21.2. The van der Waals surface area contributed by atoms with E-state index in [1.165, 1.54) is 12.1 Å². The lowest BCUT2D eigenvalue weighted by Crippen LogP contribution is -2.46. The van der Waals surface area contributed by atoms with E-state index in [2.05, 4.69) is 26.0 Å². The number of nitrogens with two attached hydrogens (primary N) is 1. The third-order valence-electron chi connectivity index (χ3n) is 5.21. The molecule has 1 aliphatic rings. The molecular weight excluding hydrogens is 424 g/mol. The highest BCUT2D eigenvalue weighted by Crippen LogP contribution is 2.20. The zero-order valence-corrected chi connectivity index (χ0v) is 17.7. The number of nitrogens with zero attached hydrogens (tertiary/aromatic N) is 6. The van der Waals surface area contributed by atoms with Gasteiger partial charge in [0.05, 0.1) is 11.9 Å². The van der Waals surface area contributed by atoms with Crippen molar-refractivity contribution in [3.63, 3.8) is 0 Å². The van der Waals surface area contributed by atoms with E-state index in [0.717, 1.165) is 37.0 Å². The SMILES string of the molecule is Cc1c(/C=C/CN2CCN(c3cc(F)cc(F)c3)CC2)cnn1-c1cc(Cl)nc(N)n1. The van der Waals surface area contributed by atoms with Crippen molar-refractivity contribution in [1.82, 2.24) is 24.6 Å². The van der Waals surface area contributed by atoms with Gasteiger partial charge in [-0.1, -0.05) is 23.8 Å². The Balaban J connectivity index is 1.35. The molecule has 1 aliphatic heterocycles. The Morgan fingerprint density at radius 1 is 1.06 bits per heavy atom. The fourth-order valence-corrected chi connectivity index (χ4v) is 3.77. The number of hydrogen-bond acceptors (Lipinski definition) is 6. The van der Waals surface area contributed by atoms with Crippen LogP contribution in [0.2, 0.25) is 5.15 Å². The van der Waals surface area contributed by atoms with Crippen LogP contribution in [0.4, 0.5) is 20.4 Å². The summed E-state index contributed by atoms with van der Waals surface area (Å²) in [4.78, 5) is 12.3. The van der Waals surface area contributed by atoms with Gasteiger partial charge in [-0.2, -0.15) is 10.1 Å². The zero-order chi connectivity index (χ0) is 22.0. The Morgan fingerprint density at radius 2 is 1.77 bits per heavy atom. The van der Waals surface area contributed by atoms with Gasteiger partial charge in [0.15, 0.2) is 5.82 Å². The topological polar surface area (TPSA) is 76.1 Å². The second-order valence-corrected chi connectivity index (χ2v) is 7.71. The molecule has 0 saturated carbocycles. The van der Waals surface area contributed by atoms with E-state index in [0.29, 0.717) is 24.6 Å². The van der Waals surface area contributed by atoms with E-state index in [9.17, 15) is 8.78 Å². The van der Waals surface area contributed by atoms with Gasteiger partial charge < -0.3 is 10.6 Å². The van der Waals surface area contributed by atoms with Gasteiger partial charge in [-0.3, -0.25) is 4.90 Å². The van der Waals surface area contributed by atoms with Gasteiger partial charge in [0.25, 0.3) is 0 Å². The maximum atomic E-state index is 13.5. The van der Waals surface area contributed by atoms with Gasteiger partial charge in [0, 0.05) is 56.1 Å². The molecule has 0 spiro atoms. The molecule has 1 aromatic carbocycles. The predicted molar refractivity (Wildman–Crippen MR) is 117 cm³/mol. The summed E-state index contributed by atoms with van der Waals surface area (Å²) in [7, 11) is 0. The fourth-order valence-electron chi connectivity index (χ4n) is 3.59. The second-order valence-electron chi connectivity index (χ2n) is 7.32. The van der Waals surface area contributed by atoms with Crippen molar-refractivity contribution >= 4 is 29.3 Å². The Bertz CT molecular complexity index is 1070. The molecule has 0 atom stereocenters. The molecule has 7 nitrogen and oxygen atoms in total. The van der Waals surface area contributed by atoms with Crippen LogP contribution in [0.15, 0.2) is 36.5 Å². The summed E-state index contributed by atoms with van der Waals surface area (Å²) in [6.07, 6.45) is 5.85. The van der Waals surface area contributed by atoms with Crippen LogP contribution < -0.4 is 10.6 Å². The van der Waals surface area contributed by atoms with Crippen molar-refractivity contribution in [3.05, 3.63) is 64.6 Å². The quantitative estimate of drug-likeness (QED) is 0.607. The normalized spacial score (nSPS) is 15.2. The first-order chi connectivity index (χ1) is 14.9. The van der Waals surface area contributed by atoms with Gasteiger partial charge >= 0.3 is 0 Å². The lowest BCUT2D eigenvalue weighted by atomic mass is 10.2. The van der Waals surface area contributed by atoms with E-state index in [4.69, 9.17) is 17.3 Å². The molecule has 31 heavy (non-hydrogen) atoms. The van der Waals surface area contributed by atoms with Crippen LogP contribution in [-0.4, -0.2) is 57.4 Å². The Hall–Kier alpha value is -3.04. The van der Waals surface area contributed by atoms with Gasteiger partial charge in [-0.15, -0.1) is 0 Å². The van der Waals surface area contributed by atoms with Crippen molar-refractivity contribution in [2.24, 2.45) is 0 Å². The number of halogens is 3. The maximum absolute atomic E-state index is 13.5. The summed E-state index contributed by atoms with van der Waals surface area (Å²) < 4.78 is 28.6. The number of benzene rings is 1. The molecule has 2 N–H and O–H groups in total. The number of anilines is 2. The minimum atomic E-state index is -0.553. The number of hydrogen-bond donors (Lipinski definition) is 1. The van der Waals surface area contributed by atoms with Crippen molar-refractivity contribution in [2.45, 2.75) is 6.92 Å². The van der Waals surface area contributed by atoms with Crippen LogP contribution in [0.5, 0.6) is 0 Å². The highest BCUT2D eigenvalue weighted by molar-refractivity contribution is 6.29. The van der Waals surface area contributed by atoms with Gasteiger partial charge in [0.1, 0.15) is 16.8 Å². The van der Waals surface area contributed by atoms with Gasteiger partial charge in [-0.25, -0.2) is 18.4 Å². The number of piperazine rings is 1. The average Bonchev–Trinajstić information content (AvgIpc) is 3.07. The van der Waals surface area contributed by atoms with Crippen LogP contribution in [0, 0.1) is 18.6 Å². The second kappa shape index (κ2) is 8.99. The smallest absolute Gasteiger partial charge is 0.223 e. The Morgan fingerprint density at radius 3 is 2.45 bits per heavy atom. The first-order valence-corrected chi connectivity index (χ1v) is 10.2. The molecule has 1 saturated heterocycles. The van der Waals surface area contributed by atoms with E-state index < -0.39 is 11.6 Å². The van der Waals surface area contributed by atoms with E-state index in [1.807, 2.05) is 17.9 Å². The number of nitrogen functional groups attached to an aromatic ring is 1. The van der Waals surface area contributed by atoms with Crippen LogP contribution in [0.25, 0.3) is 11.9 Å². The maximum Gasteiger partial charge on any atom is 0.223 e. The molecule has 0 bridgehead atoms. The minimum Gasteiger partial charge on any atom is -0.369 e. The molecule has 1 fully saturated rings. The lowest BCUT2D eigenvalue weighted by molar-refractivity contribution is 0.284. The highest BCUT2D eigenvalue weighted by Gasteiger charge is 2.17. The summed E-state index contributed by atoms with van der Waals surface area (Å²) in [5.41, 5.74) is 8.12. The molecule has 0 unspecified atom stereocenters. The zero-order valence-electron chi connectivity index (χ0n) is 17.0. The Kier molecular flexibility index (Phi) is 6.15. The molecule has 0 radical (unpaired) electrons. The van der Waals surface area contributed by atoms with Crippen molar-refractivity contribution < 1.29 is 8.78 Å². The summed E-state index contributed by atoms with van der Waals surface area (Å²) in [5, 5.41) is 4.63. The van der Waals surface area contributed by atoms with E-state index >= 15 is 0 Å². The van der Waals surface area contributed by atoms with E-state index in [-0.39, 0.29) is 11.1 Å². The largest absolute Gasteiger partial charge is 0.369 e. The average molecular weight is 446 g/mol. The van der Waals surface area contributed by atoms with Crippen LogP contribution in [0.3, 0.4) is 0 Å². The van der Waals surface area contributed by atoms with Crippen molar-refractivity contribution in [3.8, 4) is 5.82 Å². The molecule has 3 aromatic rings.